The number of carbonyl (C=O) groups is 1. The van der Waals surface area contributed by atoms with Gasteiger partial charge in [-0.2, -0.15) is 4.57 Å². The number of nitrogens with one attached hydrogen (secondary N) is 1. The number of nitrogens with zero attached hydrogens (tertiary/aromatic N) is 7. The summed E-state index contributed by atoms with van der Waals surface area (Å²) in [6.45, 7) is 3.18. The third-order valence-corrected chi connectivity index (χ3v) is 6.74. The van der Waals surface area contributed by atoms with Gasteiger partial charge in [-0.15, -0.1) is 4.68 Å². The second-order valence-electron chi connectivity index (χ2n) is 9.48. The molecule has 0 saturated heterocycles. The Kier molecular flexibility index (Phi) is 8.93. The van der Waals surface area contributed by atoms with E-state index in [0.29, 0.717) is 18.4 Å². The summed E-state index contributed by atoms with van der Waals surface area (Å²) >= 11 is 0. The molecule has 41 heavy (non-hydrogen) atoms. The lowest BCUT2D eigenvalue weighted by molar-refractivity contribution is -0.753. The van der Waals surface area contributed by atoms with Crippen molar-refractivity contribution in [2.24, 2.45) is 0 Å². The van der Waals surface area contributed by atoms with Crippen LogP contribution in [-0.4, -0.2) is 50.0 Å². The molecular weight excluding hydrogens is 541 g/mol. The number of aliphatic hydroxyl groups is 1. The smallest absolute Gasteiger partial charge is 0.412 e. The molecule has 0 radical (unpaired) electrons. The van der Waals surface area contributed by atoms with Crippen LogP contribution in [0.15, 0.2) is 61.7 Å². The van der Waals surface area contributed by atoms with Crippen LogP contribution in [0.3, 0.4) is 0 Å². The number of ether oxygens (including phenoxy) is 1. The van der Waals surface area contributed by atoms with Crippen LogP contribution >= 0.6 is 0 Å². The van der Waals surface area contributed by atoms with Gasteiger partial charge in [0.25, 0.3) is 6.33 Å². The Morgan fingerprint density at radius 2 is 2.00 bits per heavy atom. The van der Waals surface area contributed by atoms with Crippen LogP contribution < -0.4 is 14.8 Å². The van der Waals surface area contributed by atoms with Gasteiger partial charge in [0.05, 0.1) is 11.9 Å². The minimum atomic E-state index is -2.13. The number of aromatic nitrogens is 6. The first kappa shape index (κ1) is 29.6. The van der Waals surface area contributed by atoms with E-state index in [4.69, 9.17) is 4.74 Å². The molecule has 14 heteroatoms. The van der Waals surface area contributed by atoms with E-state index in [9.17, 15) is 23.1 Å². The van der Waals surface area contributed by atoms with Crippen molar-refractivity contribution in [2.75, 3.05) is 19.0 Å². The molecule has 0 aliphatic carbocycles. The first-order valence-corrected chi connectivity index (χ1v) is 12.6. The van der Waals surface area contributed by atoms with Crippen molar-refractivity contribution < 1.29 is 32.4 Å². The molecule has 0 spiro atoms. The second kappa shape index (κ2) is 12.4. The number of anilines is 1. The van der Waals surface area contributed by atoms with Gasteiger partial charge in [-0.3, -0.25) is 4.90 Å². The van der Waals surface area contributed by atoms with E-state index in [1.54, 1.807) is 26.2 Å². The maximum absolute atomic E-state index is 15.0. The van der Waals surface area contributed by atoms with Crippen LogP contribution in [0.4, 0.5) is 23.8 Å². The van der Waals surface area contributed by atoms with Crippen molar-refractivity contribution in [3.63, 3.8) is 0 Å². The number of amides is 1. The van der Waals surface area contributed by atoms with Crippen molar-refractivity contribution in [3.8, 4) is 0 Å². The Balaban J connectivity index is 1.58. The molecular formula is C27H30F3N8O3+. The van der Waals surface area contributed by atoms with Crippen LogP contribution in [0.5, 0.6) is 0 Å². The van der Waals surface area contributed by atoms with Crippen LogP contribution in [0, 0.1) is 17.5 Å². The summed E-state index contributed by atoms with van der Waals surface area (Å²) in [5.74, 6) is -3.34. The molecule has 0 bridgehead atoms. The number of hydrogen-bond donors (Lipinski definition) is 2. The minimum absolute atomic E-state index is 0.163. The molecule has 0 saturated carbocycles. The summed E-state index contributed by atoms with van der Waals surface area (Å²) < 4.78 is 51.6. The van der Waals surface area contributed by atoms with Gasteiger partial charge >= 0.3 is 6.09 Å². The summed E-state index contributed by atoms with van der Waals surface area (Å²) in [5.41, 5.74) is -1.77. The van der Waals surface area contributed by atoms with E-state index >= 15 is 0 Å². The molecule has 2 unspecified atom stereocenters. The maximum Gasteiger partial charge on any atom is 0.418 e. The van der Waals surface area contributed by atoms with Crippen LogP contribution in [0.2, 0.25) is 0 Å². The zero-order chi connectivity index (χ0) is 29.7. The summed E-state index contributed by atoms with van der Waals surface area (Å²) in [5, 5.41) is 19.1. The number of halogens is 3. The lowest BCUT2D eigenvalue weighted by atomic mass is 9.79. The summed E-state index contributed by atoms with van der Waals surface area (Å²) in [7, 11) is 3.32. The van der Waals surface area contributed by atoms with Gasteiger partial charge in [-0.1, -0.05) is 19.1 Å². The first-order chi connectivity index (χ1) is 19.5. The van der Waals surface area contributed by atoms with E-state index in [1.807, 2.05) is 6.07 Å². The standard InChI is InChI=1S/C27H30F3N8O3/c1-17(24-23(30)12-32-14-34-24)27(40,21-8-7-20(28)10-22(21)29)13-38-16-37(15-35-38)18(2)41-26(39)36(4)25-19(11-31-3)6-5-9-33-25/h5-10,12,14-18,31,40H,11,13H2,1-4H3/q+1/t17-,18?,27?/m0/s1. The first-order valence-electron chi connectivity index (χ1n) is 12.6. The average molecular weight is 572 g/mol. The normalized spacial score (nSPS) is 14.2. The Hall–Kier alpha value is -4.43. The van der Waals surface area contributed by atoms with Crippen molar-refractivity contribution >= 4 is 11.9 Å². The predicted molar refractivity (Wildman–Crippen MR) is 140 cm³/mol. The highest BCUT2D eigenvalue weighted by molar-refractivity contribution is 5.86. The minimum Gasteiger partial charge on any atom is -0.412 e. The highest BCUT2D eigenvalue weighted by Gasteiger charge is 2.43. The van der Waals surface area contributed by atoms with Crippen molar-refractivity contribution in [1.82, 2.24) is 30.0 Å². The monoisotopic (exact) mass is 571 g/mol. The lowest BCUT2D eigenvalue weighted by Crippen LogP contribution is -2.42. The summed E-state index contributed by atoms with van der Waals surface area (Å²) in [6.07, 6.45) is 4.87. The molecule has 3 atom stereocenters. The molecule has 1 aromatic carbocycles. The number of rotatable bonds is 10. The predicted octanol–water partition coefficient (Wildman–Crippen LogP) is 2.98. The second-order valence-corrected chi connectivity index (χ2v) is 9.48. The fraction of sp³-hybridized carbons (Fsp3) is 0.333. The quantitative estimate of drug-likeness (QED) is 0.279. The Morgan fingerprint density at radius 1 is 1.22 bits per heavy atom. The third-order valence-electron chi connectivity index (χ3n) is 6.74. The van der Waals surface area contributed by atoms with E-state index in [2.05, 4.69) is 25.4 Å². The topological polar surface area (TPSA) is 122 Å². The van der Waals surface area contributed by atoms with Crippen LogP contribution in [0.1, 0.15) is 42.8 Å². The summed E-state index contributed by atoms with van der Waals surface area (Å²) in [6, 6.07) is 6.33. The number of pyridine rings is 1. The molecule has 0 aliphatic rings. The lowest BCUT2D eigenvalue weighted by Gasteiger charge is -2.32. The zero-order valence-corrected chi connectivity index (χ0v) is 22.9. The number of carbonyl (C=O) groups excluding carboxylic acids is 1. The fourth-order valence-electron chi connectivity index (χ4n) is 4.45. The molecule has 11 nitrogen and oxygen atoms in total. The molecule has 2 N–H and O–H groups in total. The molecule has 4 aromatic rings. The van der Waals surface area contributed by atoms with E-state index in [0.717, 1.165) is 30.2 Å². The Bertz CT molecular complexity index is 1520. The molecule has 0 aliphatic heterocycles. The van der Waals surface area contributed by atoms with Gasteiger partial charge in [0, 0.05) is 54.9 Å². The van der Waals surface area contributed by atoms with E-state index < -0.39 is 41.3 Å². The number of hydrogen-bond acceptors (Lipinski definition) is 8. The Morgan fingerprint density at radius 3 is 2.71 bits per heavy atom. The van der Waals surface area contributed by atoms with Gasteiger partial charge < -0.3 is 15.2 Å². The van der Waals surface area contributed by atoms with Gasteiger partial charge in [0.1, 0.15) is 35.9 Å². The number of benzene rings is 1. The summed E-state index contributed by atoms with van der Waals surface area (Å²) in [4.78, 5) is 26.0. The largest absolute Gasteiger partial charge is 0.418 e. The van der Waals surface area contributed by atoms with Gasteiger partial charge in [0.15, 0.2) is 5.82 Å². The van der Waals surface area contributed by atoms with Gasteiger partial charge in [-0.05, 0) is 19.2 Å². The molecule has 3 heterocycles. The SMILES string of the molecule is CNCc1cccnc1N(C)C(=O)OC(C)[n+]1cnn(CC(O)(c2ccc(F)cc2F)[C@@H](C)c2ncncc2F)c1. The fourth-order valence-corrected chi connectivity index (χ4v) is 4.45. The van der Waals surface area contributed by atoms with E-state index in [-0.39, 0.29) is 17.8 Å². The highest BCUT2D eigenvalue weighted by Crippen LogP contribution is 2.39. The molecule has 216 valence electrons. The molecule has 0 fully saturated rings. The van der Waals surface area contributed by atoms with E-state index in [1.165, 1.54) is 40.8 Å². The van der Waals surface area contributed by atoms with Crippen molar-refractivity contribution in [3.05, 3.63) is 96.0 Å². The van der Waals surface area contributed by atoms with Gasteiger partial charge in [0.2, 0.25) is 12.6 Å². The van der Waals surface area contributed by atoms with Crippen molar-refractivity contribution in [1.29, 1.82) is 0 Å². The van der Waals surface area contributed by atoms with Crippen LogP contribution in [-0.2, 0) is 23.4 Å². The molecule has 3 aromatic heterocycles. The average Bonchev–Trinajstić information content (AvgIpc) is 3.41. The third kappa shape index (κ3) is 6.33. The van der Waals surface area contributed by atoms with Gasteiger partial charge in [-0.25, -0.2) is 32.9 Å². The molecule has 1 amide bonds. The van der Waals surface area contributed by atoms with Crippen LogP contribution in [0.25, 0.3) is 0 Å². The highest BCUT2D eigenvalue weighted by atomic mass is 19.1. The van der Waals surface area contributed by atoms with Crippen molar-refractivity contribution in [2.45, 2.75) is 44.7 Å². The maximum atomic E-state index is 15.0. The molecule has 4 rings (SSSR count). The Labute approximate surface area is 234 Å². The zero-order valence-electron chi connectivity index (χ0n) is 22.9.